The van der Waals surface area contributed by atoms with Crippen molar-refractivity contribution in [2.45, 2.75) is 52.6 Å². The van der Waals surface area contributed by atoms with Crippen LogP contribution in [0.5, 0.6) is 11.5 Å². The van der Waals surface area contributed by atoms with Gasteiger partial charge in [-0.15, -0.1) is 0 Å². The van der Waals surface area contributed by atoms with Crippen molar-refractivity contribution in [2.24, 2.45) is 0 Å². The van der Waals surface area contributed by atoms with Crippen molar-refractivity contribution in [2.75, 3.05) is 13.2 Å². The highest BCUT2D eigenvalue weighted by atomic mass is 16.5. The molecule has 27 heavy (non-hydrogen) atoms. The predicted molar refractivity (Wildman–Crippen MR) is 108 cm³/mol. The number of hydrogen-bond donors (Lipinski definition) is 1. The summed E-state index contributed by atoms with van der Waals surface area (Å²) in [4.78, 5) is 12.3. The van der Waals surface area contributed by atoms with Crippen LogP contribution in [-0.4, -0.2) is 25.2 Å². The van der Waals surface area contributed by atoms with Gasteiger partial charge in [0, 0.05) is 0 Å². The van der Waals surface area contributed by atoms with Gasteiger partial charge in [-0.2, -0.15) is 0 Å². The number of benzene rings is 2. The minimum Gasteiger partial charge on any atom is -0.491 e. The summed E-state index contributed by atoms with van der Waals surface area (Å²) >= 11 is 0. The van der Waals surface area contributed by atoms with Crippen LogP contribution in [0.4, 0.5) is 0 Å². The Kier molecular flexibility index (Phi) is 6.38. The summed E-state index contributed by atoms with van der Waals surface area (Å²) in [7, 11) is 0. The van der Waals surface area contributed by atoms with Crippen molar-refractivity contribution < 1.29 is 14.3 Å². The summed E-state index contributed by atoms with van der Waals surface area (Å²) in [5, 5.41) is 2.89. The van der Waals surface area contributed by atoms with Crippen LogP contribution < -0.4 is 14.8 Å². The molecule has 0 fully saturated rings. The molecule has 3 rings (SSSR count). The number of nitrogens with one attached hydrogen (secondary N) is 1. The van der Waals surface area contributed by atoms with Crippen LogP contribution >= 0.6 is 0 Å². The first-order valence-corrected chi connectivity index (χ1v) is 9.80. The summed E-state index contributed by atoms with van der Waals surface area (Å²) in [6.07, 6.45) is 4.02. The van der Waals surface area contributed by atoms with Crippen LogP contribution in [0, 0.1) is 13.8 Å². The van der Waals surface area contributed by atoms with Gasteiger partial charge in [-0.3, -0.25) is 4.79 Å². The monoisotopic (exact) mass is 367 g/mol. The van der Waals surface area contributed by atoms with Gasteiger partial charge in [0.25, 0.3) is 5.91 Å². The van der Waals surface area contributed by atoms with Gasteiger partial charge in [-0.1, -0.05) is 29.8 Å². The van der Waals surface area contributed by atoms with Crippen LogP contribution in [0.15, 0.2) is 36.4 Å². The quantitative estimate of drug-likeness (QED) is 0.748. The fourth-order valence-electron chi connectivity index (χ4n) is 3.54. The molecule has 144 valence electrons. The second-order valence-corrected chi connectivity index (χ2v) is 7.27. The Hall–Kier alpha value is -2.49. The standard InChI is InChI=1S/C23H29NO3/c1-16-11-12-21(17(2)15-16)26-14-13-24-23(25)18(3)27-22-10-6-8-19-7-4-5-9-20(19)22/h6,8,10-12,15,18H,4-5,7,9,13-14H2,1-3H3,(H,24,25)/t18-/m0/s1. The Labute approximate surface area is 161 Å². The van der Waals surface area contributed by atoms with Crippen LogP contribution in [0.3, 0.4) is 0 Å². The third-order valence-electron chi connectivity index (χ3n) is 5.02. The van der Waals surface area contributed by atoms with E-state index < -0.39 is 6.10 Å². The number of ether oxygens (including phenoxy) is 2. The van der Waals surface area contributed by atoms with E-state index in [2.05, 4.69) is 24.4 Å². The minimum atomic E-state index is -0.528. The Balaban J connectivity index is 1.47. The molecule has 0 saturated heterocycles. The van der Waals surface area contributed by atoms with Gasteiger partial charge in [0.1, 0.15) is 18.1 Å². The maximum Gasteiger partial charge on any atom is 0.260 e. The molecule has 0 unspecified atom stereocenters. The fraction of sp³-hybridized carbons (Fsp3) is 0.435. The molecule has 0 aromatic heterocycles. The summed E-state index contributed by atoms with van der Waals surface area (Å²) in [6.45, 7) is 6.76. The predicted octanol–water partition coefficient (Wildman–Crippen LogP) is 4.14. The smallest absolute Gasteiger partial charge is 0.260 e. The van der Waals surface area contributed by atoms with E-state index in [1.807, 2.05) is 31.2 Å². The lowest BCUT2D eigenvalue weighted by Crippen LogP contribution is -2.38. The molecule has 0 bridgehead atoms. The maximum atomic E-state index is 12.3. The van der Waals surface area contributed by atoms with Crippen molar-refractivity contribution in [3.8, 4) is 11.5 Å². The average molecular weight is 367 g/mol. The van der Waals surface area contributed by atoms with E-state index in [0.29, 0.717) is 13.2 Å². The van der Waals surface area contributed by atoms with Crippen LogP contribution in [0.2, 0.25) is 0 Å². The third-order valence-corrected chi connectivity index (χ3v) is 5.02. The second-order valence-electron chi connectivity index (χ2n) is 7.27. The van der Waals surface area contributed by atoms with Crippen molar-refractivity contribution in [3.63, 3.8) is 0 Å². The van der Waals surface area contributed by atoms with Gasteiger partial charge in [0.15, 0.2) is 6.10 Å². The van der Waals surface area contributed by atoms with E-state index >= 15 is 0 Å². The van der Waals surface area contributed by atoms with Crippen LogP contribution in [-0.2, 0) is 17.6 Å². The largest absolute Gasteiger partial charge is 0.491 e. The Morgan fingerprint density at radius 3 is 2.74 bits per heavy atom. The summed E-state index contributed by atoms with van der Waals surface area (Å²) in [6, 6.07) is 12.2. The third kappa shape index (κ3) is 5.03. The highest BCUT2D eigenvalue weighted by Crippen LogP contribution is 2.30. The fourth-order valence-corrected chi connectivity index (χ4v) is 3.54. The number of rotatable bonds is 7. The molecule has 1 atom stereocenters. The molecule has 0 spiro atoms. The topological polar surface area (TPSA) is 47.6 Å². The van der Waals surface area contributed by atoms with Gasteiger partial charge in [-0.05, 0) is 75.3 Å². The number of amides is 1. The summed E-state index contributed by atoms with van der Waals surface area (Å²) in [5.41, 5.74) is 4.93. The van der Waals surface area contributed by atoms with Gasteiger partial charge < -0.3 is 14.8 Å². The van der Waals surface area contributed by atoms with Gasteiger partial charge >= 0.3 is 0 Å². The normalized spacial score (nSPS) is 14.2. The molecule has 2 aromatic rings. The van der Waals surface area contributed by atoms with E-state index in [1.165, 1.54) is 29.5 Å². The lowest BCUT2D eigenvalue weighted by molar-refractivity contribution is -0.127. The van der Waals surface area contributed by atoms with E-state index in [0.717, 1.165) is 29.9 Å². The summed E-state index contributed by atoms with van der Waals surface area (Å²) < 4.78 is 11.7. The molecular formula is C23H29NO3. The Morgan fingerprint density at radius 2 is 1.93 bits per heavy atom. The number of carbonyl (C=O) groups excluding carboxylic acids is 1. The minimum absolute atomic E-state index is 0.118. The molecular weight excluding hydrogens is 338 g/mol. The van der Waals surface area contributed by atoms with E-state index in [1.54, 1.807) is 6.92 Å². The average Bonchev–Trinajstić information content (AvgIpc) is 2.66. The van der Waals surface area contributed by atoms with Crippen molar-refractivity contribution in [3.05, 3.63) is 58.7 Å². The molecule has 1 aliphatic rings. The zero-order valence-corrected chi connectivity index (χ0v) is 16.5. The second kappa shape index (κ2) is 8.94. The highest BCUT2D eigenvalue weighted by molar-refractivity contribution is 5.80. The molecule has 1 aliphatic carbocycles. The number of hydrogen-bond acceptors (Lipinski definition) is 3. The SMILES string of the molecule is Cc1ccc(OCCNC(=O)[C@H](C)Oc2cccc3c2CCCC3)c(C)c1. The van der Waals surface area contributed by atoms with Crippen LogP contribution in [0.1, 0.15) is 42.0 Å². The summed E-state index contributed by atoms with van der Waals surface area (Å²) in [5.74, 6) is 1.59. The number of carbonyl (C=O) groups is 1. The molecule has 4 nitrogen and oxygen atoms in total. The lowest BCUT2D eigenvalue weighted by atomic mass is 9.91. The van der Waals surface area contributed by atoms with Gasteiger partial charge in [0.05, 0.1) is 6.54 Å². The first kappa shape index (κ1) is 19.3. The molecule has 0 heterocycles. The first-order valence-electron chi connectivity index (χ1n) is 9.80. The molecule has 0 saturated carbocycles. The van der Waals surface area contributed by atoms with Gasteiger partial charge in [0.2, 0.25) is 0 Å². The van der Waals surface area contributed by atoms with E-state index in [-0.39, 0.29) is 5.91 Å². The Bertz CT molecular complexity index is 800. The molecule has 0 aliphatic heterocycles. The molecule has 0 radical (unpaired) electrons. The number of fused-ring (bicyclic) bond motifs is 1. The molecule has 4 heteroatoms. The first-order chi connectivity index (χ1) is 13.0. The highest BCUT2D eigenvalue weighted by Gasteiger charge is 2.19. The van der Waals surface area contributed by atoms with Gasteiger partial charge in [-0.25, -0.2) is 0 Å². The lowest BCUT2D eigenvalue weighted by Gasteiger charge is -2.22. The number of aryl methyl sites for hydroxylation is 3. The van der Waals surface area contributed by atoms with Crippen molar-refractivity contribution in [1.82, 2.24) is 5.32 Å². The van der Waals surface area contributed by atoms with Crippen molar-refractivity contribution >= 4 is 5.91 Å². The zero-order chi connectivity index (χ0) is 19.2. The Morgan fingerprint density at radius 1 is 1.11 bits per heavy atom. The van der Waals surface area contributed by atoms with Crippen LogP contribution in [0.25, 0.3) is 0 Å². The molecule has 1 amide bonds. The van der Waals surface area contributed by atoms with E-state index in [4.69, 9.17) is 9.47 Å². The zero-order valence-electron chi connectivity index (χ0n) is 16.5. The molecule has 1 N–H and O–H groups in total. The molecule has 2 aromatic carbocycles. The van der Waals surface area contributed by atoms with E-state index in [9.17, 15) is 4.79 Å². The maximum absolute atomic E-state index is 12.3. The van der Waals surface area contributed by atoms with Crippen molar-refractivity contribution in [1.29, 1.82) is 0 Å².